The molecule has 0 N–H and O–H groups in total. The van der Waals surface area contributed by atoms with Gasteiger partial charge in [-0.05, 0) is 186 Å². The van der Waals surface area contributed by atoms with Gasteiger partial charge in [0.2, 0.25) is 0 Å². The summed E-state index contributed by atoms with van der Waals surface area (Å²) in [6.45, 7) is 34.6. The fourth-order valence-corrected chi connectivity index (χ4v) is 15.7. The number of hydrogen-bond donors (Lipinski definition) is 0. The van der Waals surface area contributed by atoms with E-state index in [2.05, 4.69) is 373 Å². The van der Waals surface area contributed by atoms with Gasteiger partial charge in [-0.2, -0.15) is 0 Å². The molecule has 1 aliphatic carbocycles. The quantitative estimate of drug-likeness (QED) is 0.144. The first-order chi connectivity index (χ1) is 46.8. The highest BCUT2D eigenvalue weighted by atomic mass is 16.3. The molecule has 0 spiro atoms. The van der Waals surface area contributed by atoms with E-state index < -0.39 is 5.41 Å². The van der Waals surface area contributed by atoms with E-state index in [1.807, 2.05) is 0 Å². The number of nitrogens with zero attached hydrogens (tertiary/aromatic N) is 3. The van der Waals surface area contributed by atoms with Crippen LogP contribution in [0, 0.1) is 0 Å². The fourth-order valence-electron chi connectivity index (χ4n) is 15.7. The Kier molecular flexibility index (Phi) is 14.2. The second kappa shape index (κ2) is 22.3. The van der Waals surface area contributed by atoms with Gasteiger partial charge in [0, 0.05) is 66.5 Å². The van der Waals surface area contributed by atoms with Crippen molar-refractivity contribution in [2.45, 2.75) is 136 Å². The Balaban J connectivity index is 1.13. The lowest BCUT2D eigenvalue weighted by Gasteiger charge is -2.36. The van der Waals surface area contributed by atoms with Gasteiger partial charge in [0.1, 0.15) is 16.7 Å². The molecule has 16 rings (SSSR count). The van der Waals surface area contributed by atoms with Gasteiger partial charge in [0.25, 0.3) is 0 Å². The molecule has 486 valence electrons. The number of rotatable bonds is 9. The molecule has 0 aliphatic heterocycles. The van der Waals surface area contributed by atoms with Crippen LogP contribution < -0.4 is 9.80 Å². The smallest absolute Gasteiger partial charge is 0.160 e. The summed E-state index contributed by atoms with van der Waals surface area (Å²) in [6.07, 6.45) is 0. The number of furan rings is 2. The number of benzene rings is 12. The normalized spacial score (nSPS) is 14.5. The molecular formula is C93H87N3O2. The Bertz CT molecular complexity index is 5600. The van der Waals surface area contributed by atoms with E-state index >= 15 is 0 Å². The summed E-state index contributed by atoms with van der Waals surface area (Å²) >= 11 is 0. The van der Waals surface area contributed by atoms with Crippen LogP contribution in [0.3, 0.4) is 0 Å². The maximum Gasteiger partial charge on any atom is 0.160 e. The molecule has 12 aromatic carbocycles. The molecule has 0 fully saturated rings. The summed E-state index contributed by atoms with van der Waals surface area (Å²) in [5, 5.41) is 6.53. The second-order valence-electron chi connectivity index (χ2n) is 32.6. The molecule has 1 aliphatic rings. The average Bonchev–Trinajstić information content (AvgIpc) is 1.49. The van der Waals surface area contributed by atoms with Gasteiger partial charge in [-0.25, -0.2) is 0 Å². The SMILES string of the molecule is CC(C)(C)c1ccc(N(c2ccccc2)c2cc3c(c4c2oc2ccccc24)-c2c(cc(N(c4ccccc4)c4ccc(C(C)(C)C)cc4)c4c2oc2ccccc24)C3(c2ccc(C(C)(C)C)cc2)c2ccc3c(c2)c2cc(C(C)(C)C)ccc2n3-c2ccc(C(C)(C)C)cc2)cc1. The lowest BCUT2D eigenvalue weighted by Crippen LogP contribution is -2.29. The number of para-hydroxylation sites is 4. The van der Waals surface area contributed by atoms with E-state index in [0.717, 1.165) is 128 Å². The number of anilines is 6. The van der Waals surface area contributed by atoms with E-state index in [4.69, 9.17) is 8.83 Å². The predicted octanol–water partition coefficient (Wildman–Crippen LogP) is 26.4. The third-order valence-corrected chi connectivity index (χ3v) is 21.0. The highest BCUT2D eigenvalue weighted by Gasteiger charge is 2.51. The molecule has 0 radical (unpaired) electrons. The third-order valence-electron chi connectivity index (χ3n) is 21.0. The summed E-state index contributed by atoms with van der Waals surface area (Å²) in [4.78, 5) is 4.92. The monoisotopic (exact) mass is 1280 g/mol. The summed E-state index contributed by atoms with van der Waals surface area (Å²) in [6, 6.07) is 96.3. The summed E-state index contributed by atoms with van der Waals surface area (Å²) in [5.41, 5.74) is 24.4. The second-order valence-corrected chi connectivity index (χ2v) is 32.6. The molecule has 0 bridgehead atoms. The molecule has 3 heterocycles. The number of aromatic nitrogens is 1. The topological polar surface area (TPSA) is 37.7 Å². The predicted molar refractivity (Wildman–Crippen MR) is 416 cm³/mol. The zero-order chi connectivity index (χ0) is 68.2. The molecule has 1 atom stereocenters. The molecule has 5 nitrogen and oxygen atoms in total. The maximum atomic E-state index is 7.78. The molecular weight excluding hydrogens is 1190 g/mol. The van der Waals surface area contributed by atoms with E-state index in [0.29, 0.717) is 0 Å². The molecule has 0 saturated carbocycles. The van der Waals surface area contributed by atoms with Crippen molar-refractivity contribution in [3.8, 4) is 16.8 Å². The molecule has 1 unspecified atom stereocenters. The Morgan fingerprint density at radius 2 is 0.673 bits per heavy atom. The van der Waals surface area contributed by atoms with Crippen molar-refractivity contribution in [3.05, 3.63) is 305 Å². The van der Waals surface area contributed by atoms with Gasteiger partial charge < -0.3 is 23.2 Å². The zero-order valence-corrected chi connectivity index (χ0v) is 59.4. The summed E-state index contributed by atoms with van der Waals surface area (Å²) < 4.78 is 17.9. The first-order valence-corrected chi connectivity index (χ1v) is 35.0. The standard InChI is InChI=1S/C93H87N3O2/c1-88(2,3)58-34-36-62(37-35-58)93(64-45-53-77-73(55-64)72-54-63(92(13,14)15)44-52-76(72)96(77)69-50-42-61(43-51-69)91(10,11)12)74-57-79(95(66-28-20-17-21-29-66)68-48-40-60(41-49-68)90(7,8)9)86-83(71-31-23-25-33-81(71)97-86)84(74)85-75(93)56-78(82-70-30-22-24-32-80(70)98-87(82)85)94(65-26-18-16-19-27-65)67-46-38-59(39-47-67)89(4,5)6/h16-57H,1-15H3. The lowest BCUT2D eigenvalue weighted by molar-refractivity contribution is 0.589. The maximum absolute atomic E-state index is 7.78. The van der Waals surface area contributed by atoms with Crippen molar-refractivity contribution in [2.75, 3.05) is 9.80 Å². The Morgan fingerprint density at radius 1 is 0.296 bits per heavy atom. The van der Waals surface area contributed by atoms with Gasteiger partial charge in [0.15, 0.2) is 5.58 Å². The van der Waals surface area contributed by atoms with Crippen LogP contribution in [0.15, 0.2) is 264 Å². The van der Waals surface area contributed by atoms with Gasteiger partial charge in [-0.15, -0.1) is 0 Å². The van der Waals surface area contributed by atoms with Crippen molar-refractivity contribution in [3.63, 3.8) is 0 Å². The van der Waals surface area contributed by atoms with Gasteiger partial charge in [-0.3, -0.25) is 0 Å². The first kappa shape index (κ1) is 62.4. The molecule has 5 heteroatoms. The highest BCUT2D eigenvalue weighted by Crippen LogP contribution is 2.65. The van der Waals surface area contributed by atoms with Crippen LogP contribution >= 0.6 is 0 Å². The van der Waals surface area contributed by atoms with E-state index in [-0.39, 0.29) is 27.1 Å². The largest absolute Gasteiger partial charge is 0.455 e. The average molecular weight is 1280 g/mol. The summed E-state index contributed by atoms with van der Waals surface area (Å²) in [5.74, 6) is 0. The Hall–Kier alpha value is -10.4. The van der Waals surface area contributed by atoms with Crippen molar-refractivity contribution in [1.29, 1.82) is 0 Å². The van der Waals surface area contributed by atoms with Gasteiger partial charge in [0.05, 0.1) is 33.2 Å². The van der Waals surface area contributed by atoms with Crippen molar-refractivity contribution < 1.29 is 8.83 Å². The minimum atomic E-state index is -1.06. The van der Waals surface area contributed by atoms with Gasteiger partial charge >= 0.3 is 0 Å². The molecule has 15 aromatic rings. The van der Waals surface area contributed by atoms with E-state index in [9.17, 15) is 0 Å². The highest BCUT2D eigenvalue weighted by molar-refractivity contribution is 6.26. The van der Waals surface area contributed by atoms with Crippen molar-refractivity contribution in [1.82, 2.24) is 4.57 Å². The van der Waals surface area contributed by atoms with Crippen LogP contribution in [0.5, 0.6) is 0 Å². The molecule has 0 amide bonds. The first-order valence-electron chi connectivity index (χ1n) is 35.0. The van der Waals surface area contributed by atoms with Gasteiger partial charge in [-0.1, -0.05) is 249 Å². The lowest BCUT2D eigenvalue weighted by atomic mass is 9.66. The fraction of sp³-hybridized carbons (Fsp3) is 0.226. The molecule has 3 aromatic heterocycles. The van der Waals surface area contributed by atoms with Crippen LogP contribution in [0.4, 0.5) is 34.1 Å². The van der Waals surface area contributed by atoms with Crippen LogP contribution in [-0.2, 0) is 32.5 Å². The Labute approximate surface area is 577 Å². The van der Waals surface area contributed by atoms with Crippen LogP contribution in [0.25, 0.3) is 82.5 Å². The van der Waals surface area contributed by atoms with Crippen LogP contribution in [-0.4, -0.2) is 4.57 Å². The van der Waals surface area contributed by atoms with E-state index in [1.165, 1.54) is 38.6 Å². The Morgan fingerprint density at radius 3 is 1.18 bits per heavy atom. The summed E-state index contributed by atoms with van der Waals surface area (Å²) in [7, 11) is 0. The third kappa shape index (κ3) is 10.0. The molecule has 0 saturated heterocycles. The minimum Gasteiger partial charge on any atom is -0.455 e. The molecule has 98 heavy (non-hydrogen) atoms. The van der Waals surface area contributed by atoms with E-state index in [1.54, 1.807) is 0 Å². The van der Waals surface area contributed by atoms with Crippen LogP contribution in [0.2, 0.25) is 0 Å². The number of fused-ring (bicyclic) bond motifs is 14. The zero-order valence-electron chi connectivity index (χ0n) is 59.4. The number of hydrogen-bond acceptors (Lipinski definition) is 4. The van der Waals surface area contributed by atoms with Crippen molar-refractivity contribution in [2.24, 2.45) is 0 Å². The van der Waals surface area contributed by atoms with Crippen LogP contribution in [0.1, 0.15) is 154 Å². The minimum absolute atomic E-state index is 0.00481. The van der Waals surface area contributed by atoms with Crippen molar-refractivity contribution >= 4 is 99.8 Å².